The molecule has 0 spiro atoms. The molecule has 2 atom stereocenters. The van der Waals surface area contributed by atoms with Crippen LogP contribution in [0.15, 0.2) is 71.7 Å². The molecule has 3 aromatic carbocycles. The van der Waals surface area contributed by atoms with Crippen LogP contribution in [0.4, 0.5) is 0 Å². The lowest BCUT2D eigenvalue weighted by Gasteiger charge is -2.41. The van der Waals surface area contributed by atoms with E-state index in [9.17, 15) is 15.0 Å². The Morgan fingerprint density at radius 2 is 1.38 bits per heavy atom. The van der Waals surface area contributed by atoms with Crippen LogP contribution in [0.2, 0.25) is 26.2 Å². The Bertz CT molecular complexity index is 2280. The van der Waals surface area contributed by atoms with Crippen molar-refractivity contribution in [2.75, 3.05) is 27.3 Å². The molecule has 312 valence electrons. The summed E-state index contributed by atoms with van der Waals surface area (Å²) in [7, 11) is 0.125. The predicted molar refractivity (Wildman–Crippen MR) is 238 cm³/mol. The van der Waals surface area contributed by atoms with Crippen molar-refractivity contribution in [1.29, 1.82) is 0 Å². The Morgan fingerprint density at radius 3 is 1.91 bits per heavy atom. The Labute approximate surface area is 346 Å². The van der Waals surface area contributed by atoms with E-state index in [2.05, 4.69) is 72.7 Å². The number of rotatable bonds is 15. The standard InChI is InChI=1S/C45H61N3O8Si2/c1-44(2,3)38(55-57(9)10)24-47(25-39(45(4,5)6)56-58(11)12)43(52)33-23-41(51)48(35-16-14-13-15-31(33)35)40-21-28(17-18-46-40)42-32-22-37(54-8)36(53-7)20-29(32)19-30(26-49)34(42)27-50/h13-23,38-39,49-50,57-58H,24-27H2,1-12H3. The second-order valence-electron chi connectivity index (χ2n) is 17.6. The Hall–Kier alpha value is -4.38. The zero-order valence-corrected chi connectivity index (χ0v) is 38.5. The second kappa shape index (κ2) is 18.3. The molecule has 0 aliphatic heterocycles. The summed E-state index contributed by atoms with van der Waals surface area (Å²) in [6.07, 6.45) is 1.15. The quantitative estimate of drug-likeness (QED) is 0.103. The first-order valence-corrected chi connectivity index (χ1v) is 25.5. The van der Waals surface area contributed by atoms with Crippen LogP contribution in [0.5, 0.6) is 11.5 Å². The molecular formula is C45H61N3O8Si2. The number of ether oxygens (including phenoxy) is 2. The van der Waals surface area contributed by atoms with Gasteiger partial charge in [-0.1, -0.05) is 59.7 Å². The lowest BCUT2D eigenvalue weighted by Crippen LogP contribution is -2.51. The van der Waals surface area contributed by atoms with Gasteiger partial charge in [0.2, 0.25) is 0 Å². The Kier molecular flexibility index (Phi) is 14.1. The van der Waals surface area contributed by atoms with Crippen LogP contribution in [0.1, 0.15) is 63.0 Å². The summed E-state index contributed by atoms with van der Waals surface area (Å²) in [5.41, 5.74) is 2.29. The van der Waals surface area contributed by atoms with Gasteiger partial charge < -0.3 is 33.4 Å². The molecule has 58 heavy (non-hydrogen) atoms. The first-order chi connectivity index (χ1) is 27.3. The van der Waals surface area contributed by atoms with Gasteiger partial charge in [-0.05, 0) is 106 Å². The SMILES string of the molecule is COc1cc2cc(CO)c(CO)c(-c3ccnc(-n4c(=O)cc(C(=O)N(CC(O[SiH](C)C)C(C)(C)C)CC(O[SiH](C)C)C(C)(C)C)c5ccccc54)c3)c2cc1OC. The number of aromatic nitrogens is 2. The molecule has 13 heteroatoms. The number of hydrogen-bond donors (Lipinski definition) is 2. The van der Waals surface area contributed by atoms with Gasteiger partial charge in [0, 0.05) is 30.7 Å². The number of carbonyl (C=O) groups excluding carboxylic acids is 1. The highest BCUT2D eigenvalue weighted by Crippen LogP contribution is 2.41. The number of carbonyl (C=O) groups is 1. The number of methoxy groups -OCH3 is 2. The van der Waals surface area contributed by atoms with Gasteiger partial charge in [0.05, 0.1) is 50.7 Å². The Morgan fingerprint density at radius 1 is 0.793 bits per heavy atom. The lowest BCUT2D eigenvalue weighted by atomic mass is 9.87. The molecule has 11 nitrogen and oxygen atoms in total. The smallest absolute Gasteiger partial charge is 0.257 e. The zero-order valence-electron chi connectivity index (χ0n) is 36.2. The molecular weight excluding hydrogens is 767 g/mol. The minimum Gasteiger partial charge on any atom is -0.493 e. The van der Waals surface area contributed by atoms with Crippen LogP contribution >= 0.6 is 0 Å². The normalized spacial score (nSPS) is 13.4. The van der Waals surface area contributed by atoms with E-state index < -0.39 is 23.6 Å². The molecule has 0 radical (unpaired) electrons. The van der Waals surface area contributed by atoms with Crippen molar-refractivity contribution in [3.8, 4) is 28.4 Å². The van der Waals surface area contributed by atoms with Gasteiger partial charge in [-0.25, -0.2) is 4.98 Å². The molecule has 0 aliphatic carbocycles. The van der Waals surface area contributed by atoms with E-state index in [0.29, 0.717) is 69.1 Å². The number of fused-ring (bicyclic) bond motifs is 2. The van der Waals surface area contributed by atoms with Crippen LogP contribution in [0, 0.1) is 10.8 Å². The molecule has 2 aromatic heterocycles. The maximum Gasteiger partial charge on any atom is 0.257 e. The van der Waals surface area contributed by atoms with Gasteiger partial charge in [0.25, 0.3) is 11.5 Å². The number of aliphatic hydroxyl groups excluding tert-OH is 2. The highest BCUT2D eigenvalue weighted by atomic mass is 28.3. The molecule has 2 heterocycles. The highest BCUT2D eigenvalue weighted by molar-refractivity contribution is 6.48. The fourth-order valence-electron chi connectivity index (χ4n) is 7.38. The number of benzene rings is 3. The molecule has 2 N–H and O–H groups in total. The van der Waals surface area contributed by atoms with Crippen molar-refractivity contribution in [2.24, 2.45) is 10.8 Å². The fraction of sp³-hybridized carbons (Fsp3) is 0.444. The van der Waals surface area contributed by atoms with Gasteiger partial charge in [0.15, 0.2) is 29.6 Å². The van der Waals surface area contributed by atoms with E-state index in [-0.39, 0.29) is 42.2 Å². The van der Waals surface area contributed by atoms with Crippen molar-refractivity contribution in [2.45, 2.75) is 93.2 Å². The molecule has 5 aromatic rings. The average molecular weight is 828 g/mol. The summed E-state index contributed by atoms with van der Waals surface area (Å²) in [4.78, 5) is 36.0. The first-order valence-electron chi connectivity index (χ1n) is 20.0. The van der Waals surface area contributed by atoms with Crippen molar-refractivity contribution in [1.82, 2.24) is 14.5 Å². The van der Waals surface area contributed by atoms with Crippen LogP contribution < -0.4 is 15.0 Å². The van der Waals surface area contributed by atoms with E-state index in [1.807, 2.05) is 47.4 Å². The van der Waals surface area contributed by atoms with Crippen LogP contribution in [-0.2, 0) is 22.1 Å². The largest absolute Gasteiger partial charge is 0.493 e. The fourth-order valence-corrected chi connectivity index (χ4v) is 9.68. The minimum atomic E-state index is -1.50. The van der Waals surface area contributed by atoms with Crippen LogP contribution in [0.3, 0.4) is 0 Å². The van der Waals surface area contributed by atoms with Gasteiger partial charge in [-0.3, -0.25) is 14.2 Å². The molecule has 1 amide bonds. The summed E-state index contributed by atoms with van der Waals surface area (Å²) >= 11 is 0. The van der Waals surface area contributed by atoms with Crippen LogP contribution in [-0.4, -0.2) is 88.2 Å². The summed E-state index contributed by atoms with van der Waals surface area (Å²) in [5.74, 6) is 1.08. The van der Waals surface area contributed by atoms with Gasteiger partial charge in [0.1, 0.15) is 5.82 Å². The number of amides is 1. The van der Waals surface area contributed by atoms with Crippen molar-refractivity contribution < 1.29 is 33.3 Å². The number of para-hydroxylation sites is 1. The van der Waals surface area contributed by atoms with Crippen LogP contribution in [0.25, 0.3) is 38.6 Å². The predicted octanol–water partition coefficient (Wildman–Crippen LogP) is 7.48. The van der Waals surface area contributed by atoms with Gasteiger partial charge in [-0.15, -0.1) is 0 Å². The number of hydrogen-bond acceptors (Lipinski definition) is 9. The third-order valence-corrected chi connectivity index (χ3v) is 12.2. The first kappa shape index (κ1) is 44.7. The van der Waals surface area contributed by atoms with Gasteiger partial charge in [-0.2, -0.15) is 0 Å². The lowest BCUT2D eigenvalue weighted by molar-refractivity contribution is 0.0101. The van der Waals surface area contributed by atoms with E-state index in [4.69, 9.17) is 18.3 Å². The summed E-state index contributed by atoms with van der Waals surface area (Å²) in [6, 6.07) is 17.9. The molecule has 0 aliphatic rings. The van der Waals surface area contributed by atoms with E-state index in [1.165, 1.54) is 10.6 Å². The summed E-state index contributed by atoms with van der Waals surface area (Å²) in [6.45, 7) is 21.4. The summed E-state index contributed by atoms with van der Waals surface area (Å²) in [5, 5.41) is 23.2. The number of nitrogens with zero attached hydrogens (tertiary/aromatic N) is 3. The molecule has 0 fully saturated rings. The van der Waals surface area contributed by atoms with E-state index in [1.54, 1.807) is 32.5 Å². The van der Waals surface area contributed by atoms with Crippen molar-refractivity contribution in [3.05, 3.63) is 93.9 Å². The zero-order chi connectivity index (χ0) is 42.7. The van der Waals surface area contributed by atoms with E-state index in [0.717, 1.165) is 10.8 Å². The monoisotopic (exact) mass is 827 g/mol. The second-order valence-corrected chi connectivity index (χ2v) is 22.3. The average Bonchev–Trinajstić information content (AvgIpc) is 3.16. The van der Waals surface area contributed by atoms with Gasteiger partial charge >= 0.3 is 0 Å². The third-order valence-electron chi connectivity index (χ3n) is 10.5. The number of aliphatic hydroxyl groups is 2. The topological polar surface area (TPSA) is 133 Å². The molecule has 0 saturated heterocycles. The molecule has 0 bridgehead atoms. The summed E-state index contributed by atoms with van der Waals surface area (Å²) < 4.78 is 25.9. The van der Waals surface area contributed by atoms with E-state index >= 15 is 4.79 Å². The van der Waals surface area contributed by atoms with Crippen molar-refractivity contribution in [3.63, 3.8) is 0 Å². The molecule has 2 unspecified atom stereocenters. The van der Waals surface area contributed by atoms with Crippen molar-refractivity contribution >= 4 is 45.7 Å². The maximum atomic E-state index is 15.1. The molecule has 5 rings (SSSR count). The minimum absolute atomic E-state index is 0.233. The molecule has 0 saturated carbocycles. The highest BCUT2D eigenvalue weighted by Gasteiger charge is 2.35. The number of pyridine rings is 2. The third kappa shape index (κ3) is 9.73. The maximum absolute atomic E-state index is 15.1. The Balaban J connectivity index is 1.70.